The normalized spacial score (nSPS) is 10.4. The van der Waals surface area contributed by atoms with Crippen LogP contribution in [0.25, 0.3) is 0 Å². The maximum Gasteiger partial charge on any atom is 0.140 e. The summed E-state index contributed by atoms with van der Waals surface area (Å²) in [4.78, 5) is 0.342. The van der Waals surface area contributed by atoms with Gasteiger partial charge in [-0.15, -0.1) is 0 Å². The Labute approximate surface area is 133 Å². The van der Waals surface area contributed by atoms with E-state index >= 15 is 0 Å². The van der Waals surface area contributed by atoms with Crippen LogP contribution in [0.15, 0.2) is 34.8 Å². The second-order valence-electron chi connectivity index (χ2n) is 4.79. The molecule has 104 valence electrons. The van der Waals surface area contributed by atoms with Gasteiger partial charge in [0.25, 0.3) is 0 Å². The molecule has 0 amide bonds. The van der Waals surface area contributed by atoms with E-state index in [2.05, 4.69) is 15.9 Å². The topological polar surface area (TPSA) is 35.2 Å². The highest BCUT2D eigenvalue weighted by Crippen LogP contribution is 2.32. The molecule has 2 N–H and O–H groups in total. The zero-order valence-electron chi connectivity index (χ0n) is 11.7. The van der Waals surface area contributed by atoms with Gasteiger partial charge < -0.3 is 10.5 Å². The van der Waals surface area contributed by atoms with Gasteiger partial charge in [-0.3, -0.25) is 0 Å². The lowest BCUT2D eigenvalue weighted by atomic mass is 10.1. The number of aryl methyl sites for hydroxylation is 3. The van der Waals surface area contributed by atoms with Crippen molar-refractivity contribution in [2.24, 2.45) is 5.73 Å². The Morgan fingerprint density at radius 2 is 1.70 bits per heavy atom. The SMILES string of the molecule is Cc1cc(Oc2c(C)cccc2C(N)=S)cc(C)c1Br. The molecule has 0 atom stereocenters. The number of benzene rings is 2. The van der Waals surface area contributed by atoms with Crippen molar-refractivity contribution in [2.45, 2.75) is 20.8 Å². The van der Waals surface area contributed by atoms with Gasteiger partial charge in [0.2, 0.25) is 0 Å². The molecule has 0 heterocycles. The summed E-state index contributed by atoms with van der Waals surface area (Å²) in [5.41, 5.74) is 9.80. The predicted molar refractivity (Wildman–Crippen MR) is 90.8 cm³/mol. The molecule has 0 saturated carbocycles. The van der Waals surface area contributed by atoms with Crippen molar-refractivity contribution >= 4 is 33.1 Å². The molecule has 0 bridgehead atoms. The first-order chi connectivity index (χ1) is 9.40. The van der Waals surface area contributed by atoms with Gasteiger partial charge in [-0.05, 0) is 55.7 Å². The third-order valence-electron chi connectivity index (χ3n) is 3.11. The van der Waals surface area contributed by atoms with E-state index in [-0.39, 0.29) is 0 Å². The summed E-state index contributed by atoms with van der Waals surface area (Å²) in [6.07, 6.45) is 0. The van der Waals surface area contributed by atoms with Gasteiger partial charge in [-0.2, -0.15) is 0 Å². The standard InChI is InChI=1S/C16H16BrNOS/c1-9-5-4-6-13(16(18)20)15(9)19-12-7-10(2)14(17)11(3)8-12/h4-8H,1-3H3,(H2,18,20). The molecule has 0 aliphatic rings. The van der Waals surface area contributed by atoms with Crippen molar-refractivity contribution in [3.8, 4) is 11.5 Å². The molecule has 0 fully saturated rings. The largest absolute Gasteiger partial charge is 0.456 e. The zero-order chi connectivity index (χ0) is 14.9. The monoisotopic (exact) mass is 349 g/mol. The Bertz CT molecular complexity index is 659. The number of hydrogen-bond donors (Lipinski definition) is 1. The molecule has 0 radical (unpaired) electrons. The van der Waals surface area contributed by atoms with Crippen molar-refractivity contribution in [1.82, 2.24) is 0 Å². The third kappa shape index (κ3) is 3.02. The number of rotatable bonds is 3. The Morgan fingerprint density at radius 1 is 1.10 bits per heavy atom. The van der Waals surface area contributed by atoms with Gasteiger partial charge in [0.1, 0.15) is 16.5 Å². The molecule has 0 saturated heterocycles. The van der Waals surface area contributed by atoms with Crippen LogP contribution in [0.3, 0.4) is 0 Å². The number of ether oxygens (including phenoxy) is 1. The highest BCUT2D eigenvalue weighted by atomic mass is 79.9. The van der Waals surface area contributed by atoms with Crippen molar-refractivity contribution in [3.05, 3.63) is 57.1 Å². The second-order valence-corrected chi connectivity index (χ2v) is 6.02. The fraction of sp³-hybridized carbons (Fsp3) is 0.188. The number of thiocarbonyl (C=S) groups is 1. The number of hydrogen-bond acceptors (Lipinski definition) is 2. The summed E-state index contributed by atoms with van der Waals surface area (Å²) in [7, 11) is 0. The lowest BCUT2D eigenvalue weighted by Crippen LogP contribution is -2.11. The predicted octanol–water partition coefficient (Wildman–Crippen LogP) is 4.80. The molecule has 2 aromatic rings. The van der Waals surface area contributed by atoms with Crippen molar-refractivity contribution in [2.75, 3.05) is 0 Å². The zero-order valence-corrected chi connectivity index (χ0v) is 14.1. The van der Waals surface area contributed by atoms with Crippen LogP contribution in [0.2, 0.25) is 0 Å². The minimum absolute atomic E-state index is 0.342. The highest BCUT2D eigenvalue weighted by Gasteiger charge is 2.11. The van der Waals surface area contributed by atoms with E-state index in [9.17, 15) is 0 Å². The Kier molecular flexibility index (Phi) is 4.45. The first-order valence-corrected chi connectivity index (χ1v) is 7.44. The molecule has 0 aromatic heterocycles. The molecule has 2 rings (SSSR count). The Balaban J connectivity index is 2.47. The lowest BCUT2D eigenvalue weighted by molar-refractivity contribution is 0.477. The van der Waals surface area contributed by atoms with Crippen LogP contribution in [0.5, 0.6) is 11.5 Å². The van der Waals surface area contributed by atoms with Gasteiger partial charge in [0, 0.05) is 4.47 Å². The van der Waals surface area contributed by atoms with Crippen molar-refractivity contribution < 1.29 is 4.74 Å². The third-order valence-corrected chi connectivity index (χ3v) is 4.58. The van der Waals surface area contributed by atoms with Crippen LogP contribution >= 0.6 is 28.1 Å². The van der Waals surface area contributed by atoms with Crippen LogP contribution in [0.4, 0.5) is 0 Å². The van der Waals surface area contributed by atoms with Crippen molar-refractivity contribution in [3.63, 3.8) is 0 Å². The van der Waals surface area contributed by atoms with E-state index < -0.39 is 0 Å². The fourth-order valence-electron chi connectivity index (χ4n) is 2.06. The first kappa shape index (κ1) is 15.0. The summed E-state index contributed by atoms with van der Waals surface area (Å²) in [5, 5.41) is 0. The van der Waals surface area contributed by atoms with E-state index in [1.807, 2.05) is 51.1 Å². The van der Waals surface area contributed by atoms with E-state index in [4.69, 9.17) is 22.7 Å². The molecule has 2 aromatic carbocycles. The van der Waals surface area contributed by atoms with Crippen LogP contribution in [0.1, 0.15) is 22.3 Å². The number of halogens is 1. The minimum atomic E-state index is 0.342. The quantitative estimate of drug-likeness (QED) is 0.808. The maximum atomic E-state index is 6.03. The van der Waals surface area contributed by atoms with E-state index in [1.165, 1.54) is 0 Å². The second kappa shape index (κ2) is 5.94. The van der Waals surface area contributed by atoms with Crippen LogP contribution in [0, 0.1) is 20.8 Å². The van der Waals surface area contributed by atoms with Crippen LogP contribution in [-0.4, -0.2) is 4.99 Å². The Hall–Kier alpha value is -1.39. The van der Waals surface area contributed by atoms with Crippen molar-refractivity contribution in [1.29, 1.82) is 0 Å². The molecule has 0 aliphatic heterocycles. The summed E-state index contributed by atoms with van der Waals surface area (Å²) >= 11 is 8.64. The van der Waals surface area contributed by atoms with E-state index in [0.717, 1.165) is 38.2 Å². The van der Waals surface area contributed by atoms with Gasteiger partial charge in [0.15, 0.2) is 0 Å². The van der Waals surface area contributed by atoms with E-state index in [0.29, 0.717) is 4.99 Å². The molecule has 0 aliphatic carbocycles. The molecule has 20 heavy (non-hydrogen) atoms. The minimum Gasteiger partial charge on any atom is -0.456 e. The van der Waals surface area contributed by atoms with E-state index in [1.54, 1.807) is 0 Å². The molecule has 0 spiro atoms. The van der Waals surface area contributed by atoms with Gasteiger partial charge in [-0.1, -0.05) is 40.3 Å². The summed E-state index contributed by atoms with van der Waals surface area (Å²) in [6, 6.07) is 9.77. The fourth-order valence-corrected chi connectivity index (χ4v) is 2.45. The molecular weight excluding hydrogens is 334 g/mol. The van der Waals surface area contributed by atoms with Crippen LogP contribution in [-0.2, 0) is 0 Å². The van der Waals surface area contributed by atoms with Gasteiger partial charge in [-0.25, -0.2) is 0 Å². The number of nitrogens with two attached hydrogens (primary N) is 1. The maximum absolute atomic E-state index is 6.03. The molecule has 0 unspecified atom stereocenters. The first-order valence-electron chi connectivity index (χ1n) is 6.24. The summed E-state index contributed by atoms with van der Waals surface area (Å²) in [6.45, 7) is 6.06. The van der Waals surface area contributed by atoms with Crippen LogP contribution < -0.4 is 10.5 Å². The van der Waals surface area contributed by atoms with Gasteiger partial charge in [0.05, 0.1) is 5.56 Å². The average molecular weight is 350 g/mol. The lowest BCUT2D eigenvalue weighted by Gasteiger charge is -2.14. The van der Waals surface area contributed by atoms with Gasteiger partial charge >= 0.3 is 0 Å². The average Bonchev–Trinajstić information content (AvgIpc) is 2.38. The molecule has 2 nitrogen and oxygen atoms in total. The summed E-state index contributed by atoms with van der Waals surface area (Å²) in [5.74, 6) is 1.51. The smallest absolute Gasteiger partial charge is 0.140 e. The number of para-hydroxylation sites is 1. The summed E-state index contributed by atoms with van der Waals surface area (Å²) < 4.78 is 7.13. The Morgan fingerprint density at radius 3 is 2.25 bits per heavy atom. The highest BCUT2D eigenvalue weighted by molar-refractivity contribution is 9.10. The molecule has 4 heteroatoms. The molecular formula is C16H16BrNOS.